The van der Waals surface area contributed by atoms with Crippen LogP contribution in [0.5, 0.6) is 0 Å². The van der Waals surface area contributed by atoms with E-state index in [9.17, 15) is 10.0 Å². The molecule has 0 saturated carbocycles. The quantitative estimate of drug-likeness (QED) is 0.565. The molecule has 0 aliphatic heterocycles. The second kappa shape index (κ2) is 6.33. The molecule has 0 unspecified atom stereocenters. The summed E-state index contributed by atoms with van der Waals surface area (Å²) in [5, 5.41) is 23.5. The molecule has 0 bridgehead atoms. The predicted octanol–water partition coefficient (Wildman–Crippen LogP) is 2.53. The van der Waals surface area contributed by atoms with Crippen molar-refractivity contribution in [1.82, 2.24) is 9.97 Å². The van der Waals surface area contributed by atoms with Crippen molar-refractivity contribution in [1.29, 1.82) is 0 Å². The first-order valence-corrected chi connectivity index (χ1v) is 7.16. The third-order valence-electron chi connectivity index (χ3n) is 3.46. The van der Waals surface area contributed by atoms with Gasteiger partial charge in [0.25, 0.3) is 0 Å². The third kappa shape index (κ3) is 3.30. The number of nitrogens with zero attached hydrogens (tertiary/aromatic N) is 3. The average Bonchev–Trinajstić information content (AvgIpc) is 2.57. The molecule has 0 aliphatic rings. The molecule has 120 valence electrons. The van der Waals surface area contributed by atoms with E-state index in [1.165, 1.54) is 24.5 Å². The SMILES string of the molecule is Cc1ccc(C(=O)O)cc1Nc1nccc(-c2ccc[n+]([O-])c2)n1. The van der Waals surface area contributed by atoms with Gasteiger partial charge in [0, 0.05) is 18.0 Å². The Labute approximate surface area is 137 Å². The number of aromatic carboxylic acids is 1. The van der Waals surface area contributed by atoms with Gasteiger partial charge >= 0.3 is 5.97 Å². The number of pyridine rings is 1. The maximum atomic E-state index is 11.4. The van der Waals surface area contributed by atoms with Gasteiger partial charge in [0.05, 0.1) is 16.8 Å². The lowest BCUT2D eigenvalue weighted by Gasteiger charge is -2.10. The minimum Gasteiger partial charge on any atom is -0.619 e. The molecule has 0 saturated heterocycles. The summed E-state index contributed by atoms with van der Waals surface area (Å²) in [4.78, 5) is 19.6. The van der Waals surface area contributed by atoms with Crippen molar-refractivity contribution in [2.24, 2.45) is 0 Å². The van der Waals surface area contributed by atoms with Crippen molar-refractivity contribution in [2.45, 2.75) is 6.92 Å². The first-order valence-electron chi connectivity index (χ1n) is 7.16. The van der Waals surface area contributed by atoms with Crippen molar-refractivity contribution in [2.75, 3.05) is 5.32 Å². The Morgan fingerprint density at radius 3 is 2.88 bits per heavy atom. The van der Waals surface area contributed by atoms with Gasteiger partial charge in [-0.15, -0.1) is 0 Å². The topological polar surface area (TPSA) is 102 Å². The van der Waals surface area contributed by atoms with Crippen LogP contribution in [0, 0.1) is 12.1 Å². The van der Waals surface area contributed by atoms with Gasteiger partial charge in [-0.3, -0.25) is 0 Å². The minimum absolute atomic E-state index is 0.176. The molecule has 3 rings (SSSR count). The Bertz CT molecular complexity index is 912. The number of hydrogen-bond acceptors (Lipinski definition) is 5. The molecule has 0 atom stereocenters. The molecule has 7 heteroatoms. The number of anilines is 2. The van der Waals surface area contributed by atoms with Gasteiger partial charge in [0.2, 0.25) is 5.95 Å². The Morgan fingerprint density at radius 1 is 1.29 bits per heavy atom. The monoisotopic (exact) mass is 322 g/mol. The van der Waals surface area contributed by atoms with Crippen molar-refractivity contribution in [3.63, 3.8) is 0 Å². The van der Waals surface area contributed by atoms with Crippen LogP contribution < -0.4 is 10.0 Å². The van der Waals surface area contributed by atoms with Crippen LogP contribution in [0.3, 0.4) is 0 Å². The summed E-state index contributed by atoms with van der Waals surface area (Å²) in [6, 6.07) is 9.89. The Balaban J connectivity index is 1.93. The molecule has 2 N–H and O–H groups in total. The molecule has 0 amide bonds. The zero-order valence-electron chi connectivity index (χ0n) is 12.8. The van der Waals surface area contributed by atoms with Gasteiger partial charge in [0.15, 0.2) is 12.4 Å². The maximum absolute atomic E-state index is 11.4. The fourth-order valence-corrected chi connectivity index (χ4v) is 2.20. The van der Waals surface area contributed by atoms with Crippen LogP contribution in [0.1, 0.15) is 15.9 Å². The number of aromatic nitrogens is 3. The average molecular weight is 322 g/mol. The molecule has 7 nitrogen and oxygen atoms in total. The van der Waals surface area contributed by atoms with Crippen molar-refractivity contribution in [3.05, 3.63) is 71.3 Å². The standard InChI is InChI=1S/C17H14N4O3/c1-11-4-5-12(16(22)23)9-15(11)20-17-18-7-6-14(19-17)13-3-2-8-21(24)10-13/h2-10H,1H3,(H,22,23)(H,18,19,20). The van der Waals surface area contributed by atoms with Gasteiger partial charge in [-0.25, -0.2) is 14.8 Å². The van der Waals surface area contributed by atoms with E-state index in [1.54, 1.807) is 30.5 Å². The van der Waals surface area contributed by atoms with Crippen molar-refractivity contribution >= 4 is 17.6 Å². The normalized spacial score (nSPS) is 10.4. The zero-order valence-corrected chi connectivity index (χ0v) is 12.8. The first-order chi connectivity index (χ1) is 11.5. The summed E-state index contributed by atoms with van der Waals surface area (Å²) < 4.78 is 0.699. The third-order valence-corrected chi connectivity index (χ3v) is 3.46. The number of hydrogen-bond donors (Lipinski definition) is 2. The molecule has 1 aromatic carbocycles. The first kappa shape index (κ1) is 15.4. The van der Waals surface area contributed by atoms with E-state index >= 15 is 0 Å². The molecule has 2 aromatic heterocycles. The van der Waals surface area contributed by atoms with E-state index < -0.39 is 5.97 Å². The van der Waals surface area contributed by atoms with Gasteiger partial charge < -0.3 is 15.6 Å². The Morgan fingerprint density at radius 2 is 2.12 bits per heavy atom. The Hall–Kier alpha value is -3.48. The predicted molar refractivity (Wildman–Crippen MR) is 87.8 cm³/mol. The molecule has 2 heterocycles. The van der Waals surface area contributed by atoms with Crippen LogP contribution in [0.2, 0.25) is 0 Å². The summed E-state index contributed by atoms with van der Waals surface area (Å²) >= 11 is 0. The number of carboxylic acids is 1. The highest BCUT2D eigenvalue weighted by Gasteiger charge is 2.09. The molecule has 3 aromatic rings. The fourth-order valence-electron chi connectivity index (χ4n) is 2.20. The summed E-state index contributed by atoms with van der Waals surface area (Å²) in [7, 11) is 0. The molecular weight excluding hydrogens is 308 g/mol. The van der Waals surface area contributed by atoms with Gasteiger partial charge in [-0.1, -0.05) is 6.07 Å². The van der Waals surface area contributed by atoms with Crippen LogP contribution in [0.25, 0.3) is 11.3 Å². The van der Waals surface area contributed by atoms with Crippen LogP contribution in [-0.2, 0) is 0 Å². The number of rotatable bonds is 4. The molecule has 0 spiro atoms. The fraction of sp³-hybridized carbons (Fsp3) is 0.0588. The second-order valence-corrected chi connectivity index (χ2v) is 5.18. The molecule has 0 aliphatic carbocycles. The van der Waals surface area contributed by atoms with Gasteiger partial charge in [-0.05, 0) is 36.8 Å². The minimum atomic E-state index is -1.00. The van der Waals surface area contributed by atoms with E-state index in [0.717, 1.165) is 5.56 Å². The molecule has 0 radical (unpaired) electrons. The smallest absolute Gasteiger partial charge is 0.335 e. The number of nitrogens with one attached hydrogen (secondary N) is 1. The number of carboxylic acid groups (broad SMARTS) is 1. The van der Waals surface area contributed by atoms with E-state index in [2.05, 4.69) is 15.3 Å². The Kier molecular flexibility index (Phi) is 4.07. The van der Waals surface area contributed by atoms with Crippen molar-refractivity contribution in [3.8, 4) is 11.3 Å². The van der Waals surface area contributed by atoms with Gasteiger partial charge in [0.1, 0.15) is 0 Å². The lowest BCUT2D eigenvalue weighted by atomic mass is 10.1. The highest BCUT2D eigenvalue weighted by Crippen LogP contribution is 2.22. The summed E-state index contributed by atoms with van der Waals surface area (Å²) in [6.07, 6.45) is 4.39. The largest absolute Gasteiger partial charge is 0.619 e. The van der Waals surface area contributed by atoms with E-state index in [4.69, 9.17) is 5.11 Å². The number of benzene rings is 1. The van der Waals surface area contributed by atoms with Crippen LogP contribution >= 0.6 is 0 Å². The van der Waals surface area contributed by atoms with Crippen LogP contribution in [0.4, 0.5) is 11.6 Å². The maximum Gasteiger partial charge on any atom is 0.335 e. The summed E-state index contributed by atoms with van der Waals surface area (Å²) in [5.41, 5.74) is 2.90. The van der Waals surface area contributed by atoms with Crippen molar-refractivity contribution < 1.29 is 14.6 Å². The lowest BCUT2D eigenvalue weighted by molar-refractivity contribution is -0.604. The molecular formula is C17H14N4O3. The second-order valence-electron chi connectivity index (χ2n) is 5.18. The molecule has 24 heavy (non-hydrogen) atoms. The van der Waals surface area contributed by atoms with Crippen LogP contribution in [-0.4, -0.2) is 21.0 Å². The van der Waals surface area contributed by atoms with E-state index in [0.29, 0.717) is 27.6 Å². The number of aryl methyl sites for hydroxylation is 1. The number of carbonyl (C=O) groups is 1. The summed E-state index contributed by atoms with van der Waals surface area (Å²) in [5.74, 6) is -0.684. The lowest BCUT2D eigenvalue weighted by Crippen LogP contribution is -2.24. The van der Waals surface area contributed by atoms with E-state index in [-0.39, 0.29) is 5.56 Å². The highest BCUT2D eigenvalue weighted by atomic mass is 16.5. The summed E-state index contributed by atoms with van der Waals surface area (Å²) in [6.45, 7) is 1.86. The molecule has 0 fully saturated rings. The highest BCUT2D eigenvalue weighted by molar-refractivity contribution is 5.89. The zero-order chi connectivity index (χ0) is 17.1. The van der Waals surface area contributed by atoms with Crippen LogP contribution in [0.15, 0.2) is 55.0 Å². The van der Waals surface area contributed by atoms with Gasteiger partial charge in [-0.2, -0.15) is 4.73 Å². The van der Waals surface area contributed by atoms with E-state index in [1.807, 2.05) is 6.92 Å².